The molecule has 11 heteroatoms. The molecule has 26 heavy (non-hydrogen) atoms. The number of benzene rings is 1. The maximum absolute atomic E-state index is 12.0. The number of thioether (sulfide) groups is 1. The first-order valence-corrected chi connectivity index (χ1v) is 9.63. The SMILES string of the molecule is O=C(CSc1nnc(NC(=O)C2CCC2)s1)Nc1cccc([N+](=O)[O-])c1. The lowest BCUT2D eigenvalue weighted by Gasteiger charge is -2.23. The van der Waals surface area contributed by atoms with Crippen LogP contribution in [0.5, 0.6) is 0 Å². The summed E-state index contributed by atoms with van der Waals surface area (Å²) in [6.07, 6.45) is 2.89. The minimum atomic E-state index is -0.523. The lowest BCUT2D eigenvalue weighted by Crippen LogP contribution is -2.27. The lowest BCUT2D eigenvalue weighted by atomic mass is 9.85. The number of nitrogens with one attached hydrogen (secondary N) is 2. The zero-order valence-electron chi connectivity index (χ0n) is 13.5. The van der Waals surface area contributed by atoms with E-state index in [1.54, 1.807) is 6.07 Å². The average Bonchev–Trinajstić information content (AvgIpc) is 2.99. The maximum Gasteiger partial charge on any atom is 0.271 e. The van der Waals surface area contributed by atoms with Crippen LogP contribution >= 0.6 is 23.1 Å². The Morgan fingerprint density at radius 2 is 2.12 bits per heavy atom. The standard InChI is InChI=1S/C15H15N5O4S2/c21-12(16-10-5-2-6-11(7-10)20(23)24)8-25-15-19-18-14(26-15)17-13(22)9-3-1-4-9/h2,5-7,9H,1,3-4,8H2,(H,16,21)(H,17,18,22). The summed E-state index contributed by atoms with van der Waals surface area (Å²) in [5.41, 5.74) is 0.266. The van der Waals surface area contributed by atoms with E-state index in [0.29, 0.717) is 15.2 Å². The highest BCUT2D eigenvalue weighted by Crippen LogP contribution is 2.30. The first kappa shape index (κ1) is 18.3. The summed E-state index contributed by atoms with van der Waals surface area (Å²) in [6, 6.07) is 5.73. The molecular weight excluding hydrogens is 378 g/mol. The highest BCUT2D eigenvalue weighted by atomic mass is 32.2. The van der Waals surface area contributed by atoms with Crippen molar-refractivity contribution in [2.24, 2.45) is 5.92 Å². The Balaban J connectivity index is 1.48. The van der Waals surface area contributed by atoms with Crippen LogP contribution in [0.4, 0.5) is 16.5 Å². The van der Waals surface area contributed by atoms with E-state index in [0.717, 1.165) is 19.3 Å². The summed E-state index contributed by atoms with van der Waals surface area (Å²) in [5.74, 6) is -0.206. The van der Waals surface area contributed by atoms with Gasteiger partial charge in [0.15, 0.2) is 4.34 Å². The molecule has 0 atom stereocenters. The number of aromatic nitrogens is 2. The molecule has 1 aromatic carbocycles. The zero-order valence-corrected chi connectivity index (χ0v) is 15.1. The highest BCUT2D eigenvalue weighted by molar-refractivity contribution is 8.01. The van der Waals surface area contributed by atoms with Gasteiger partial charge in [-0.25, -0.2) is 0 Å². The number of rotatable bonds is 7. The van der Waals surface area contributed by atoms with Gasteiger partial charge in [-0.05, 0) is 18.9 Å². The molecule has 136 valence electrons. The number of nitro groups is 1. The van der Waals surface area contributed by atoms with Crippen molar-refractivity contribution in [2.75, 3.05) is 16.4 Å². The second kappa shape index (κ2) is 8.23. The zero-order chi connectivity index (χ0) is 18.5. The van der Waals surface area contributed by atoms with E-state index < -0.39 is 4.92 Å². The Labute approximate surface area is 156 Å². The molecule has 3 rings (SSSR count). The number of hydrogen-bond acceptors (Lipinski definition) is 8. The van der Waals surface area contributed by atoms with Crippen LogP contribution in [0.1, 0.15) is 19.3 Å². The van der Waals surface area contributed by atoms with E-state index in [4.69, 9.17) is 0 Å². The van der Waals surface area contributed by atoms with E-state index in [-0.39, 0.29) is 29.2 Å². The molecule has 0 bridgehead atoms. The highest BCUT2D eigenvalue weighted by Gasteiger charge is 2.26. The second-order valence-electron chi connectivity index (χ2n) is 5.63. The van der Waals surface area contributed by atoms with Crippen molar-refractivity contribution in [3.63, 3.8) is 0 Å². The molecule has 1 heterocycles. The molecule has 1 aliphatic carbocycles. The van der Waals surface area contributed by atoms with E-state index in [9.17, 15) is 19.7 Å². The van der Waals surface area contributed by atoms with Gasteiger partial charge in [-0.2, -0.15) is 0 Å². The topological polar surface area (TPSA) is 127 Å². The molecule has 9 nitrogen and oxygen atoms in total. The molecule has 0 unspecified atom stereocenters. The summed E-state index contributed by atoms with van der Waals surface area (Å²) < 4.78 is 0.558. The number of hydrogen-bond donors (Lipinski definition) is 2. The summed E-state index contributed by atoms with van der Waals surface area (Å²) in [6.45, 7) is 0. The minimum absolute atomic E-state index is 0.0348. The number of anilines is 2. The number of carbonyl (C=O) groups excluding carboxylic acids is 2. The van der Waals surface area contributed by atoms with Crippen molar-refractivity contribution < 1.29 is 14.5 Å². The second-order valence-corrected chi connectivity index (χ2v) is 7.83. The quantitative estimate of drug-likeness (QED) is 0.320. The summed E-state index contributed by atoms with van der Waals surface area (Å²) in [4.78, 5) is 34.0. The summed E-state index contributed by atoms with van der Waals surface area (Å²) in [7, 11) is 0. The van der Waals surface area contributed by atoms with Crippen molar-refractivity contribution in [3.8, 4) is 0 Å². The van der Waals surface area contributed by atoms with Crippen LogP contribution in [-0.4, -0.2) is 32.7 Å². The van der Waals surface area contributed by atoms with Crippen LogP contribution in [0, 0.1) is 16.0 Å². The molecule has 0 radical (unpaired) electrons. The van der Waals surface area contributed by atoms with Gasteiger partial charge in [-0.1, -0.05) is 35.6 Å². The molecular formula is C15H15N5O4S2. The fourth-order valence-electron chi connectivity index (χ4n) is 2.22. The average molecular weight is 393 g/mol. The summed E-state index contributed by atoms with van der Waals surface area (Å²) >= 11 is 2.39. The molecule has 2 amide bonds. The monoisotopic (exact) mass is 393 g/mol. The van der Waals surface area contributed by atoms with Gasteiger partial charge in [0.25, 0.3) is 5.69 Å². The number of nitro benzene ring substituents is 1. The summed E-state index contributed by atoms with van der Waals surface area (Å²) in [5, 5.41) is 24.3. The van der Waals surface area contributed by atoms with Crippen LogP contribution in [-0.2, 0) is 9.59 Å². The Morgan fingerprint density at radius 3 is 2.81 bits per heavy atom. The minimum Gasteiger partial charge on any atom is -0.325 e. The van der Waals surface area contributed by atoms with Gasteiger partial charge in [0.1, 0.15) is 0 Å². The normalized spacial score (nSPS) is 13.7. The van der Waals surface area contributed by atoms with Crippen molar-refractivity contribution in [1.82, 2.24) is 10.2 Å². The smallest absolute Gasteiger partial charge is 0.271 e. The van der Waals surface area contributed by atoms with E-state index in [1.807, 2.05) is 0 Å². The molecule has 1 saturated carbocycles. The van der Waals surface area contributed by atoms with Crippen LogP contribution in [0.25, 0.3) is 0 Å². The van der Waals surface area contributed by atoms with Crippen molar-refractivity contribution in [2.45, 2.75) is 23.6 Å². The number of nitrogens with zero attached hydrogens (tertiary/aromatic N) is 3. The first-order chi connectivity index (χ1) is 12.5. The van der Waals surface area contributed by atoms with Gasteiger partial charge in [0, 0.05) is 23.7 Å². The Hall–Kier alpha value is -2.53. The fraction of sp³-hybridized carbons (Fsp3) is 0.333. The third-order valence-corrected chi connectivity index (χ3v) is 5.75. The molecule has 1 aliphatic rings. The van der Waals surface area contributed by atoms with Crippen LogP contribution in [0.15, 0.2) is 28.6 Å². The van der Waals surface area contributed by atoms with Gasteiger partial charge in [0.05, 0.1) is 10.7 Å². The van der Waals surface area contributed by atoms with Crippen molar-refractivity contribution in [3.05, 3.63) is 34.4 Å². The molecule has 0 saturated heterocycles. The predicted octanol–water partition coefficient (Wildman–Crippen LogP) is 2.92. The third kappa shape index (κ3) is 4.76. The van der Waals surface area contributed by atoms with Gasteiger partial charge >= 0.3 is 0 Å². The Kier molecular flexibility index (Phi) is 5.78. The van der Waals surface area contributed by atoms with Gasteiger partial charge in [0.2, 0.25) is 16.9 Å². The van der Waals surface area contributed by atoms with Crippen LogP contribution in [0.2, 0.25) is 0 Å². The lowest BCUT2D eigenvalue weighted by molar-refractivity contribution is -0.384. The van der Waals surface area contributed by atoms with Crippen LogP contribution < -0.4 is 10.6 Å². The van der Waals surface area contributed by atoms with E-state index in [2.05, 4.69) is 20.8 Å². The number of non-ortho nitro benzene ring substituents is 1. The third-order valence-electron chi connectivity index (χ3n) is 3.78. The molecule has 2 N–H and O–H groups in total. The number of amides is 2. The molecule has 2 aromatic rings. The number of carbonyl (C=O) groups is 2. The van der Waals surface area contributed by atoms with Crippen molar-refractivity contribution in [1.29, 1.82) is 0 Å². The maximum atomic E-state index is 12.0. The molecule has 1 fully saturated rings. The predicted molar refractivity (Wildman–Crippen MR) is 98.3 cm³/mol. The Morgan fingerprint density at radius 1 is 1.31 bits per heavy atom. The van der Waals surface area contributed by atoms with Crippen molar-refractivity contribution >= 4 is 51.4 Å². The van der Waals surface area contributed by atoms with E-state index >= 15 is 0 Å². The molecule has 1 aromatic heterocycles. The molecule has 0 aliphatic heterocycles. The largest absolute Gasteiger partial charge is 0.325 e. The first-order valence-electron chi connectivity index (χ1n) is 7.83. The van der Waals surface area contributed by atoms with Gasteiger partial charge < -0.3 is 10.6 Å². The van der Waals surface area contributed by atoms with Gasteiger partial charge in [-0.3, -0.25) is 19.7 Å². The fourth-order valence-corrected chi connectivity index (χ4v) is 3.77. The van der Waals surface area contributed by atoms with E-state index in [1.165, 1.54) is 41.3 Å². The van der Waals surface area contributed by atoms with Gasteiger partial charge in [-0.15, -0.1) is 10.2 Å². The van der Waals surface area contributed by atoms with Crippen LogP contribution in [0.3, 0.4) is 0 Å². The molecule has 0 spiro atoms. The Bertz CT molecular complexity index is 837.